The average molecular weight is 301 g/mol. The molecule has 0 saturated heterocycles. The molecule has 0 fully saturated rings. The Morgan fingerprint density at radius 3 is 2.80 bits per heavy atom. The van der Waals surface area contributed by atoms with Crippen molar-refractivity contribution in [2.24, 2.45) is 0 Å². The number of rotatable bonds is 7. The van der Waals surface area contributed by atoms with Gasteiger partial charge in [-0.15, -0.1) is 0 Å². The molecule has 0 spiro atoms. The van der Waals surface area contributed by atoms with E-state index in [1.54, 1.807) is 31.5 Å². The van der Waals surface area contributed by atoms with Gasteiger partial charge in [-0.05, 0) is 18.6 Å². The summed E-state index contributed by atoms with van der Waals surface area (Å²) in [7, 11) is -0.996. The SMILES string of the molecule is COC(=O)CCN(C)S(=O)(=O)NC(C)c1cccnc1. The van der Waals surface area contributed by atoms with E-state index in [-0.39, 0.29) is 13.0 Å². The largest absolute Gasteiger partial charge is 0.469 e. The van der Waals surface area contributed by atoms with E-state index >= 15 is 0 Å². The number of ether oxygens (including phenoxy) is 1. The maximum Gasteiger partial charge on any atom is 0.306 e. The molecule has 0 aliphatic rings. The minimum atomic E-state index is -3.66. The van der Waals surface area contributed by atoms with Crippen molar-refractivity contribution in [3.8, 4) is 0 Å². The van der Waals surface area contributed by atoms with Gasteiger partial charge in [-0.25, -0.2) is 0 Å². The van der Waals surface area contributed by atoms with Crippen molar-refractivity contribution >= 4 is 16.2 Å². The number of hydrogen-bond acceptors (Lipinski definition) is 5. The van der Waals surface area contributed by atoms with Crippen LogP contribution in [0.4, 0.5) is 0 Å². The van der Waals surface area contributed by atoms with Gasteiger partial charge in [0, 0.05) is 32.0 Å². The third-order valence-electron chi connectivity index (χ3n) is 2.78. The van der Waals surface area contributed by atoms with Crippen LogP contribution < -0.4 is 4.72 Å². The van der Waals surface area contributed by atoms with Gasteiger partial charge < -0.3 is 4.74 Å². The third-order valence-corrected chi connectivity index (χ3v) is 4.43. The number of methoxy groups -OCH3 is 1. The average Bonchev–Trinajstić information content (AvgIpc) is 2.44. The van der Waals surface area contributed by atoms with Crippen LogP contribution in [0.5, 0.6) is 0 Å². The van der Waals surface area contributed by atoms with Gasteiger partial charge in [0.25, 0.3) is 10.2 Å². The van der Waals surface area contributed by atoms with Crippen LogP contribution in [0.2, 0.25) is 0 Å². The molecule has 0 bridgehead atoms. The summed E-state index contributed by atoms with van der Waals surface area (Å²) in [6.45, 7) is 1.78. The highest BCUT2D eigenvalue weighted by Crippen LogP contribution is 2.12. The van der Waals surface area contributed by atoms with Crippen LogP contribution in [-0.2, 0) is 19.7 Å². The van der Waals surface area contributed by atoms with E-state index in [2.05, 4.69) is 14.4 Å². The maximum atomic E-state index is 12.1. The van der Waals surface area contributed by atoms with Crippen molar-refractivity contribution in [3.05, 3.63) is 30.1 Å². The van der Waals surface area contributed by atoms with Crippen molar-refractivity contribution in [3.63, 3.8) is 0 Å². The number of pyridine rings is 1. The molecule has 1 aromatic heterocycles. The normalized spacial score (nSPS) is 13.2. The zero-order chi connectivity index (χ0) is 15.2. The highest BCUT2D eigenvalue weighted by molar-refractivity contribution is 7.87. The van der Waals surface area contributed by atoms with Crippen LogP contribution in [0.1, 0.15) is 24.9 Å². The summed E-state index contributed by atoms with van der Waals surface area (Å²) in [4.78, 5) is 15.0. The fourth-order valence-electron chi connectivity index (χ4n) is 1.48. The first-order valence-electron chi connectivity index (χ1n) is 6.07. The lowest BCUT2D eigenvalue weighted by atomic mass is 10.2. The fourth-order valence-corrected chi connectivity index (χ4v) is 2.58. The second kappa shape index (κ2) is 7.32. The molecular formula is C12H19N3O4S. The topological polar surface area (TPSA) is 88.6 Å². The van der Waals surface area contributed by atoms with Gasteiger partial charge in [0.2, 0.25) is 0 Å². The van der Waals surface area contributed by atoms with Gasteiger partial charge in [0.1, 0.15) is 0 Å². The van der Waals surface area contributed by atoms with E-state index in [1.165, 1.54) is 14.2 Å². The lowest BCUT2D eigenvalue weighted by Crippen LogP contribution is -2.40. The third kappa shape index (κ3) is 4.87. The van der Waals surface area contributed by atoms with Gasteiger partial charge in [-0.3, -0.25) is 9.78 Å². The molecule has 0 aromatic carbocycles. The van der Waals surface area contributed by atoms with Crippen LogP contribution in [0.15, 0.2) is 24.5 Å². The van der Waals surface area contributed by atoms with E-state index in [0.29, 0.717) is 0 Å². The standard InChI is InChI=1S/C12H19N3O4S/c1-10(11-5-4-7-13-9-11)14-20(17,18)15(2)8-6-12(16)19-3/h4-5,7,9-10,14H,6,8H2,1-3H3. The van der Waals surface area contributed by atoms with E-state index in [4.69, 9.17) is 0 Å². The molecule has 112 valence electrons. The molecule has 0 saturated carbocycles. The first-order chi connectivity index (χ1) is 9.36. The molecular weight excluding hydrogens is 282 g/mol. The van der Waals surface area contributed by atoms with Crippen molar-refractivity contribution in [1.82, 2.24) is 14.0 Å². The van der Waals surface area contributed by atoms with Crippen molar-refractivity contribution in [2.75, 3.05) is 20.7 Å². The molecule has 0 radical (unpaired) electrons. The van der Waals surface area contributed by atoms with Crippen molar-refractivity contribution < 1.29 is 17.9 Å². The Balaban J connectivity index is 2.62. The molecule has 1 aromatic rings. The first kappa shape index (κ1) is 16.5. The van der Waals surface area contributed by atoms with Gasteiger partial charge >= 0.3 is 5.97 Å². The van der Waals surface area contributed by atoms with Crippen molar-refractivity contribution in [2.45, 2.75) is 19.4 Å². The monoisotopic (exact) mass is 301 g/mol. The van der Waals surface area contributed by atoms with Gasteiger partial charge in [-0.1, -0.05) is 6.07 Å². The van der Waals surface area contributed by atoms with E-state index < -0.39 is 22.2 Å². The Kier molecular flexibility index (Phi) is 6.05. The van der Waals surface area contributed by atoms with Gasteiger partial charge in [0.15, 0.2) is 0 Å². The molecule has 1 N–H and O–H groups in total. The van der Waals surface area contributed by atoms with E-state index in [0.717, 1.165) is 9.87 Å². The molecule has 0 aliphatic heterocycles. The molecule has 0 aliphatic carbocycles. The fraction of sp³-hybridized carbons (Fsp3) is 0.500. The minimum absolute atomic E-state index is 0.00911. The number of esters is 1. The summed E-state index contributed by atoms with van der Waals surface area (Å²) in [5.41, 5.74) is 0.762. The Bertz CT molecular complexity index is 533. The Hall–Kier alpha value is -1.51. The lowest BCUT2D eigenvalue weighted by Gasteiger charge is -2.20. The summed E-state index contributed by atoms with van der Waals surface area (Å²) in [6.07, 6.45) is 3.23. The maximum absolute atomic E-state index is 12.1. The molecule has 1 atom stereocenters. The number of hydrogen-bond donors (Lipinski definition) is 1. The Morgan fingerprint density at radius 1 is 1.55 bits per heavy atom. The highest BCUT2D eigenvalue weighted by atomic mass is 32.2. The predicted molar refractivity (Wildman–Crippen MR) is 74.0 cm³/mol. The molecule has 1 heterocycles. The van der Waals surface area contributed by atoms with E-state index in [9.17, 15) is 13.2 Å². The van der Waals surface area contributed by atoms with Crippen LogP contribution in [0.25, 0.3) is 0 Å². The van der Waals surface area contributed by atoms with Crippen LogP contribution in [0, 0.1) is 0 Å². The molecule has 7 nitrogen and oxygen atoms in total. The smallest absolute Gasteiger partial charge is 0.306 e. The zero-order valence-corrected chi connectivity index (χ0v) is 12.6. The summed E-state index contributed by atoms with van der Waals surface area (Å²) in [5.74, 6) is -0.452. The zero-order valence-electron chi connectivity index (χ0n) is 11.7. The van der Waals surface area contributed by atoms with Crippen LogP contribution in [-0.4, -0.2) is 44.4 Å². The van der Waals surface area contributed by atoms with E-state index in [1.807, 2.05) is 0 Å². The second-order valence-electron chi connectivity index (χ2n) is 4.28. The number of nitrogens with one attached hydrogen (secondary N) is 1. The number of carbonyl (C=O) groups excluding carboxylic acids is 1. The molecule has 8 heteroatoms. The quantitative estimate of drug-likeness (QED) is 0.740. The summed E-state index contributed by atoms with van der Waals surface area (Å²) >= 11 is 0. The minimum Gasteiger partial charge on any atom is -0.469 e. The Morgan fingerprint density at radius 2 is 2.25 bits per heavy atom. The molecule has 20 heavy (non-hydrogen) atoms. The number of carbonyl (C=O) groups is 1. The van der Waals surface area contributed by atoms with Gasteiger partial charge in [-0.2, -0.15) is 17.4 Å². The summed E-state index contributed by atoms with van der Waals surface area (Å²) < 4.78 is 32.2. The van der Waals surface area contributed by atoms with Gasteiger partial charge in [0.05, 0.1) is 13.5 Å². The number of aromatic nitrogens is 1. The molecule has 1 rings (SSSR count). The second-order valence-corrected chi connectivity index (χ2v) is 6.09. The summed E-state index contributed by atoms with van der Waals surface area (Å²) in [6, 6.07) is 3.12. The van der Waals surface area contributed by atoms with Crippen LogP contribution in [0.3, 0.4) is 0 Å². The highest BCUT2D eigenvalue weighted by Gasteiger charge is 2.21. The van der Waals surface area contributed by atoms with Crippen molar-refractivity contribution in [1.29, 1.82) is 0 Å². The predicted octanol–water partition coefficient (Wildman–Crippen LogP) is 0.472. The molecule has 0 amide bonds. The Labute approximate surface area is 119 Å². The summed E-state index contributed by atoms with van der Waals surface area (Å²) in [5, 5.41) is 0. The lowest BCUT2D eigenvalue weighted by molar-refractivity contribution is -0.140. The number of nitrogens with zero attached hydrogens (tertiary/aromatic N) is 2. The van der Waals surface area contributed by atoms with Crippen LogP contribution >= 0.6 is 0 Å². The first-order valence-corrected chi connectivity index (χ1v) is 7.51. The molecule has 1 unspecified atom stereocenters.